The van der Waals surface area contributed by atoms with E-state index in [1.807, 2.05) is 53.1 Å². The Morgan fingerprint density at radius 1 is 1.07 bits per heavy atom. The quantitative estimate of drug-likeness (QED) is 0.468. The van der Waals surface area contributed by atoms with Crippen molar-refractivity contribution in [1.82, 2.24) is 30.1 Å². The number of rotatable bonds is 7. The summed E-state index contributed by atoms with van der Waals surface area (Å²) >= 11 is 0. The molecule has 152 valence electrons. The van der Waals surface area contributed by atoms with Crippen molar-refractivity contribution in [2.24, 2.45) is 4.99 Å². The van der Waals surface area contributed by atoms with Gasteiger partial charge in [0.05, 0.1) is 0 Å². The molecule has 8 heteroatoms. The Hall–Kier alpha value is -3.42. The summed E-state index contributed by atoms with van der Waals surface area (Å²) in [6, 6.07) is 13.6. The van der Waals surface area contributed by atoms with Crippen LogP contribution in [-0.4, -0.2) is 65.6 Å². The summed E-state index contributed by atoms with van der Waals surface area (Å²) in [5.41, 5.74) is 2.66. The highest BCUT2D eigenvalue weighted by Crippen LogP contribution is 2.08. The van der Waals surface area contributed by atoms with Crippen LogP contribution in [0.5, 0.6) is 0 Å². The van der Waals surface area contributed by atoms with E-state index in [9.17, 15) is 4.79 Å². The fourth-order valence-corrected chi connectivity index (χ4v) is 3.02. The number of nitrogens with zero attached hydrogens (tertiary/aromatic N) is 5. The zero-order chi connectivity index (χ0) is 20.6. The number of aromatic nitrogens is 3. The molecule has 1 aromatic carbocycles. The third-order valence-electron chi connectivity index (χ3n) is 4.54. The molecule has 0 saturated carbocycles. The molecule has 2 aromatic heterocycles. The number of pyridine rings is 1. The number of amides is 1. The molecule has 29 heavy (non-hydrogen) atoms. The van der Waals surface area contributed by atoms with Crippen molar-refractivity contribution in [3.63, 3.8) is 0 Å². The fourth-order valence-electron chi connectivity index (χ4n) is 3.02. The standard InChI is InChI=1S/C21H27N7O/c1-22-21(24-13-11-19-26-25-18-9-4-5-14-28(18)19)23-12-10-16-7-6-8-17(15-16)20(29)27(2)3/h4-9,14-15H,10-13H2,1-3H3,(H2,22,23,24). The van der Waals surface area contributed by atoms with Crippen LogP contribution in [0.25, 0.3) is 5.65 Å². The van der Waals surface area contributed by atoms with Crippen LogP contribution in [-0.2, 0) is 12.8 Å². The van der Waals surface area contributed by atoms with E-state index in [4.69, 9.17) is 0 Å². The largest absolute Gasteiger partial charge is 0.356 e. The van der Waals surface area contributed by atoms with E-state index in [0.717, 1.165) is 35.8 Å². The minimum Gasteiger partial charge on any atom is -0.356 e. The molecule has 0 fully saturated rings. The molecule has 0 unspecified atom stereocenters. The molecule has 0 radical (unpaired) electrons. The van der Waals surface area contributed by atoms with Gasteiger partial charge in [0.1, 0.15) is 5.82 Å². The van der Waals surface area contributed by atoms with Crippen LogP contribution < -0.4 is 10.6 Å². The lowest BCUT2D eigenvalue weighted by Crippen LogP contribution is -2.39. The summed E-state index contributed by atoms with van der Waals surface area (Å²) in [7, 11) is 5.27. The Morgan fingerprint density at radius 2 is 1.86 bits per heavy atom. The van der Waals surface area contributed by atoms with E-state index in [-0.39, 0.29) is 5.91 Å². The number of nitrogens with one attached hydrogen (secondary N) is 2. The fraction of sp³-hybridized carbons (Fsp3) is 0.333. The predicted octanol–water partition coefficient (Wildman–Crippen LogP) is 1.38. The van der Waals surface area contributed by atoms with E-state index in [1.54, 1.807) is 26.0 Å². The van der Waals surface area contributed by atoms with Gasteiger partial charge in [-0.05, 0) is 36.2 Å². The Labute approximate surface area is 170 Å². The van der Waals surface area contributed by atoms with Gasteiger partial charge < -0.3 is 15.5 Å². The van der Waals surface area contributed by atoms with Gasteiger partial charge in [0.15, 0.2) is 11.6 Å². The first-order valence-corrected chi connectivity index (χ1v) is 9.62. The maximum Gasteiger partial charge on any atom is 0.253 e. The maximum atomic E-state index is 12.1. The van der Waals surface area contributed by atoms with E-state index < -0.39 is 0 Å². The van der Waals surface area contributed by atoms with Crippen molar-refractivity contribution in [1.29, 1.82) is 0 Å². The lowest BCUT2D eigenvalue weighted by atomic mass is 10.1. The summed E-state index contributed by atoms with van der Waals surface area (Å²) in [6.07, 6.45) is 3.50. The summed E-state index contributed by atoms with van der Waals surface area (Å²) < 4.78 is 1.99. The monoisotopic (exact) mass is 393 g/mol. The van der Waals surface area contributed by atoms with Crippen LogP contribution in [0.4, 0.5) is 0 Å². The van der Waals surface area contributed by atoms with Crippen LogP contribution in [0.1, 0.15) is 21.7 Å². The molecule has 0 aliphatic rings. The van der Waals surface area contributed by atoms with Crippen molar-refractivity contribution >= 4 is 17.5 Å². The van der Waals surface area contributed by atoms with Crippen molar-refractivity contribution in [2.45, 2.75) is 12.8 Å². The molecule has 0 atom stereocenters. The van der Waals surface area contributed by atoms with E-state index in [0.29, 0.717) is 18.7 Å². The summed E-state index contributed by atoms with van der Waals surface area (Å²) in [5, 5.41) is 15.0. The highest BCUT2D eigenvalue weighted by Gasteiger charge is 2.08. The average Bonchev–Trinajstić information content (AvgIpc) is 3.15. The van der Waals surface area contributed by atoms with Crippen LogP contribution in [0.2, 0.25) is 0 Å². The number of hydrogen-bond donors (Lipinski definition) is 2. The maximum absolute atomic E-state index is 12.1. The number of hydrogen-bond acceptors (Lipinski definition) is 4. The first-order valence-electron chi connectivity index (χ1n) is 9.62. The lowest BCUT2D eigenvalue weighted by Gasteiger charge is -2.13. The van der Waals surface area contributed by atoms with Gasteiger partial charge >= 0.3 is 0 Å². The third-order valence-corrected chi connectivity index (χ3v) is 4.54. The third kappa shape index (κ3) is 5.31. The molecule has 2 heterocycles. The van der Waals surface area contributed by atoms with Crippen LogP contribution in [0, 0.1) is 0 Å². The molecule has 2 N–H and O–H groups in total. The predicted molar refractivity (Wildman–Crippen MR) is 114 cm³/mol. The van der Waals surface area contributed by atoms with E-state index >= 15 is 0 Å². The first kappa shape index (κ1) is 20.3. The van der Waals surface area contributed by atoms with Crippen LogP contribution >= 0.6 is 0 Å². The average molecular weight is 393 g/mol. The molecule has 0 spiro atoms. The molecule has 8 nitrogen and oxygen atoms in total. The van der Waals surface area contributed by atoms with Crippen molar-refractivity contribution in [2.75, 3.05) is 34.2 Å². The van der Waals surface area contributed by atoms with E-state index in [2.05, 4.69) is 25.8 Å². The SMILES string of the molecule is CN=C(NCCc1cccc(C(=O)N(C)C)c1)NCCc1nnc2ccccn12. The van der Waals surface area contributed by atoms with Crippen molar-refractivity contribution in [3.05, 3.63) is 65.6 Å². The van der Waals surface area contributed by atoms with Gasteiger partial charge in [0.25, 0.3) is 5.91 Å². The lowest BCUT2D eigenvalue weighted by molar-refractivity contribution is 0.0827. The molecular weight excluding hydrogens is 366 g/mol. The smallest absolute Gasteiger partial charge is 0.253 e. The van der Waals surface area contributed by atoms with Crippen LogP contribution in [0.3, 0.4) is 0 Å². The highest BCUT2D eigenvalue weighted by molar-refractivity contribution is 5.94. The minimum absolute atomic E-state index is 0.0123. The molecule has 0 aliphatic carbocycles. The van der Waals surface area contributed by atoms with Gasteiger partial charge in [0, 0.05) is 52.4 Å². The van der Waals surface area contributed by atoms with Crippen LogP contribution in [0.15, 0.2) is 53.7 Å². The molecule has 0 bridgehead atoms. The second kappa shape index (κ2) is 9.68. The summed E-state index contributed by atoms with van der Waals surface area (Å²) in [6.45, 7) is 1.41. The zero-order valence-corrected chi connectivity index (χ0v) is 17.1. The number of aliphatic imine (C=N–C) groups is 1. The minimum atomic E-state index is 0.0123. The Morgan fingerprint density at radius 3 is 2.62 bits per heavy atom. The summed E-state index contributed by atoms with van der Waals surface area (Å²) in [4.78, 5) is 17.9. The van der Waals surface area contributed by atoms with Gasteiger partial charge in [-0.2, -0.15) is 0 Å². The van der Waals surface area contributed by atoms with Crippen molar-refractivity contribution < 1.29 is 4.79 Å². The second-order valence-corrected chi connectivity index (χ2v) is 6.87. The number of carbonyl (C=O) groups excluding carboxylic acids is 1. The number of fused-ring (bicyclic) bond motifs is 1. The van der Waals surface area contributed by atoms with Gasteiger partial charge in [-0.15, -0.1) is 10.2 Å². The molecular formula is C21H27N7O. The Balaban J connectivity index is 1.46. The Kier molecular flexibility index (Phi) is 6.78. The number of guanidine groups is 1. The normalized spacial score (nSPS) is 11.5. The van der Waals surface area contributed by atoms with Gasteiger partial charge in [-0.1, -0.05) is 18.2 Å². The van der Waals surface area contributed by atoms with Gasteiger partial charge in [0.2, 0.25) is 0 Å². The number of carbonyl (C=O) groups is 1. The molecule has 0 saturated heterocycles. The van der Waals surface area contributed by atoms with Gasteiger partial charge in [-0.25, -0.2) is 0 Å². The molecule has 3 aromatic rings. The first-order chi connectivity index (χ1) is 14.1. The number of benzene rings is 1. The Bertz CT molecular complexity index is 993. The highest BCUT2D eigenvalue weighted by atomic mass is 16.2. The topological polar surface area (TPSA) is 86.9 Å². The molecule has 3 rings (SSSR count). The zero-order valence-electron chi connectivity index (χ0n) is 17.1. The van der Waals surface area contributed by atoms with Gasteiger partial charge in [-0.3, -0.25) is 14.2 Å². The second-order valence-electron chi connectivity index (χ2n) is 6.87. The summed E-state index contributed by atoms with van der Waals surface area (Å²) in [5.74, 6) is 1.66. The molecule has 0 aliphatic heterocycles. The molecule has 1 amide bonds. The van der Waals surface area contributed by atoms with E-state index in [1.165, 1.54) is 0 Å². The van der Waals surface area contributed by atoms with Crippen molar-refractivity contribution in [3.8, 4) is 0 Å².